The molecule has 1 aliphatic rings. The Morgan fingerprint density at radius 3 is 2.75 bits per heavy atom. The molecule has 0 aromatic heterocycles. The fourth-order valence-corrected chi connectivity index (χ4v) is 1.75. The molecule has 5 heteroatoms. The Morgan fingerprint density at radius 2 is 2.19 bits per heavy atom. The summed E-state index contributed by atoms with van der Waals surface area (Å²) in [6.45, 7) is 7.65. The molecule has 0 bridgehead atoms. The van der Waals surface area contributed by atoms with E-state index in [1.807, 2.05) is 0 Å². The molecule has 1 rings (SSSR count). The van der Waals surface area contributed by atoms with E-state index in [2.05, 4.69) is 22.4 Å². The number of nitrogens with one attached hydrogen (secondary N) is 1. The number of carbonyl (C=O) groups is 1. The predicted octanol–water partition coefficient (Wildman–Crippen LogP) is 0.609. The molecular formula is C11H21N3O2. The van der Waals surface area contributed by atoms with Crippen molar-refractivity contribution in [3.63, 3.8) is 0 Å². The summed E-state index contributed by atoms with van der Waals surface area (Å²) >= 11 is 0. The fraction of sp³-hybridized carbons (Fsp3) is 0.818. The van der Waals surface area contributed by atoms with Gasteiger partial charge in [-0.05, 0) is 26.3 Å². The summed E-state index contributed by atoms with van der Waals surface area (Å²) < 4.78 is 4.73. The van der Waals surface area contributed by atoms with Crippen LogP contribution in [0.1, 0.15) is 26.7 Å². The van der Waals surface area contributed by atoms with Gasteiger partial charge in [0.2, 0.25) is 0 Å². The van der Waals surface area contributed by atoms with E-state index in [1.165, 1.54) is 6.21 Å². The Labute approximate surface area is 96.8 Å². The summed E-state index contributed by atoms with van der Waals surface area (Å²) in [6.07, 6.45) is 3.36. The van der Waals surface area contributed by atoms with Gasteiger partial charge in [-0.1, -0.05) is 6.92 Å². The molecule has 0 amide bonds. The Bertz CT molecular complexity index is 235. The van der Waals surface area contributed by atoms with Crippen LogP contribution in [-0.4, -0.2) is 49.4 Å². The lowest BCUT2D eigenvalue weighted by atomic mass is 10.1. The standard InChI is InChI=1S/C11H21N3O2/c1-3-14-7-5-10(6-8-14)13-12-9-11(15)16-4-2/h9-10,13H,3-8H2,1-2H3/b12-9+. The van der Waals surface area contributed by atoms with Crippen molar-refractivity contribution in [2.45, 2.75) is 32.7 Å². The summed E-state index contributed by atoms with van der Waals surface area (Å²) in [5.41, 5.74) is 3.00. The van der Waals surface area contributed by atoms with Gasteiger partial charge in [-0.2, -0.15) is 5.10 Å². The lowest BCUT2D eigenvalue weighted by molar-refractivity contribution is -0.134. The molecule has 16 heavy (non-hydrogen) atoms. The number of hydrazone groups is 1. The minimum Gasteiger partial charge on any atom is -0.462 e. The zero-order chi connectivity index (χ0) is 11.8. The van der Waals surface area contributed by atoms with Gasteiger partial charge in [-0.15, -0.1) is 0 Å². The molecule has 1 N–H and O–H groups in total. The summed E-state index contributed by atoms with van der Waals surface area (Å²) in [4.78, 5) is 13.4. The first kappa shape index (κ1) is 13.0. The highest BCUT2D eigenvalue weighted by atomic mass is 16.5. The third-order valence-corrected chi connectivity index (χ3v) is 2.75. The molecule has 0 aromatic carbocycles. The second-order valence-electron chi connectivity index (χ2n) is 3.85. The highest BCUT2D eigenvalue weighted by molar-refractivity contribution is 6.23. The van der Waals surface area contributed by atoms with Gasteiger partial charge in [0.15, 0.2) is 0 Å². The molecule has 0 spiro atoms. The highest BCUT2D eigenvalue weighted by Gasteiger charge is 2.16. The number of ether oxygens (including phenoxy) is 1. The van der Waals surface area contributed by atoms with E-state index in [0.717, 1.165) is 32.5 Å². The van der Waals surface area contributed by atoms with Gasteiger partial charge in [0.1, 0.15) is 6.21 Å². The third kappa shape index (κ3) is 4.61. The average Bonchev–Trinajstić information content (AvgIpc) is 2.30. The highest BCUT2D eigenvalue weighted by Crippen LogP contribution is 2.09. The second kappa shape index (κ2) is 7.22. The first-order valence-corrected chi connectivity index (χ1v) is 5.94. The number of hydrogen-bond acceptors (Lipinski definition) is 5. The quantitative estimate of drug-likeness (QED) is 0.425. The van der Waals surface area contributed by atoms with Gasteiger partial charge in [-0.3, -0.25) is 0 Å². The monoisotopic (exact) mass is 227 g/mol. The molecule has 92 valence electrons. The van der Waals surface area contributed by atoms with Crippen LogP contribution in [0.2, 0.25) is 0 Å². The number of rotatable bonds is 5. The lowest BCUT2D eigenvalue weighted by Gasteiger charge is -2.30. The van der Waals surface area contributed by atoms with E-state index in [1.54, 1.807) is 6.92 Å². The topological polar surface area (TPSA) is 53.9 Å². The molecule has 0 unspecified atom stereocenters. The SMILES string of the molecule is CCOC(=O)/C=N/NC1CCN(CC)CC1. The maximum atomic E-state index is 11.0. The van der Waals surface area contributed by atoms with Crippen LogP contribution in [0.15, 0.2) is 5.10 Å². The van der Waals surface area contributed by atoms with Gasteiger partial charge >= 0.3 is 5.97 Å². The fourth-order valence-electron chi connectivity index (χ4n) is 1.75. The van der Waals surface area contributed by atoms with Crippen LogP contribution in [0, 0.1) is 0 Å². The van der Waals surface area contributed by atoms with E-state index in [-0.39, 0.29) is 5.97 Å². The third-order valence-electron chi connectivity index (χ3n) is 2.75. The van der Waals surface area contributed by atoms with Gasteiger partial charge in [0.05, 0.1) is 6.61 Å². The Morgan fingerprint density at radius 1 is 1.50 bits per heavy atom. The number of nitrogens with zero attached hydrogens (tertiary/aromatic N) is 2. The van der Waals surface area contributed by atoms with Gasteiger partial charge in [0.25, 0.3) is 0 Å². The van der Waals surface area contributed by atoms with E-state index >= 15 is 0 Å². The normalized spacial score (nSPS) is 18.9. The van der Waals surface area contributed by atoms with Crippen molar-refractivity contribution < 1.29 is 9.53 Å². The Kier molecular flexibility index (Phi) is 5.85. The summed E-state index contributed by atoms with van der Waals surface area (Å²) in [5.74, 6) is -0.388. The van der Waals surface area contributed by atoms with Gasteiger partial charge in [0, 0.05) is 19.1 Å². The number of carbonyl (C=O) groups excluding carboxylic acids is 1. The molecule has 0 radical (unpaired) electrons. The van der Waals surface area contributed by atoms with Crippen molar-refractivity contribution in [3.8, 4) is 0 Å². The Hall–Kier alpha value is -1.10. The number of hydrogen-bond donors (Lipinski definition) is 1. The molecule has 1 saturated heterocycles. The summed E-state index contributed by atoms with van der Waals surface area (Å²) in [6, 6.07) is 0.383. The maximum Gasteiger partial charge on any atom is 0.351 e. The molecule has 0 aliphatic carbocycles. The number of likely N-dealkylation sites (tertiary alicyclic amines) is 1. The number of esters is 1. The zero-order valence-corrected chi connectivity index (χ0v) is 10.1. The number of piperidine rings is 1. The van der Waals surface area contributed by atoms with Crippen molar-refractivity contribution in [2.75, 3.05) is 26.2 Å². The van der Waals surface area contributed by atoms with Gasteiger partial charge in [-0.25, -0.2) is 4.79 Å². The predicted molar refractivity (Wildman–Crippen MR) is 63.4 cm³/mol. The van der Waals surface area contributed by atoms with Crippen molar-refractivity contribution in [1.82, 2.24) is 10.3 Å². The van der Waals surface area contributed by atoms with E-state index in [0.29, 0.717) is 12.6 Å². The summed E-state index contributed by atoms with van der Waals surface area (Å²) in [7, 11) is 0. The molecule has 5 nitrogen and oxygen atoms in total. The second-order valence-corrected chi connectivity index (χ2v) is 3.85. The minimum atomic E-state index is -0.388. The van der Waals surface area contributed by atoms with Crippen molar-refractivity contribution in [3.05, 3.63) is 0 Å². The molecule has 0 saturated carbocycles. The molecule has 0 aromatic rings. The smallest absolute Gasteiger partial charge is 0.351 e. The van der Waals surface area contributed by atoms with Crippen molar-refractivity contribution in [2.24, 2.45) is 5.10 Å². The molecule has 1 fully saturated rings. The van der Waals surface area contributed by atoms with Crippen LogP contribution >= 0.6 is 0 Å². The van der Waals surface area contributed by atoms with E-state index < -0.39 is 0 Å². The van der Waals surface area contributed by atoms with Gasteiger partial charge < -0.3 is 15.1 Å². The van der Waals surface area contributed by atoms with Crippen LogP contribution in [-0.2, 0) is 9.53 Å². The van der Waals surface area contributed by atoms with Crippen molar-refractivity contribution >= 4 is 12.2 Å². The first-order chi connectivity index (χ1) is 7.76. The van der Waals surface area contributed by atoms with Crippen LogP contribution in [0.5, 0.6) is 0 Å². The van der Waals surface area contributed by atoms with Crippen LogP contribution in [0.4, 0.5) is 0 Å². The van der Waals surface area contributed by atoms with Crippen LogP contribution in [0.3, 0.4) is 0 Å². The van der Waals surface area contributed by atoms with E-state index in [9.17, 15) is 4.79 Å². The molecular weight excluding hydrogens is 206 g/mol. The summed E-state index contributed by atoms with van der Waals surface area (Å²) in [5, 5.41) is 3.90. The first-order valence-electron chi connectivity index (χ1n) is 5.94. The van der Waals surface area contributed by atoms with Crippen LogP contribution < -0.4 is 5.43 Å². The maximum absolute atomic E-state index is 11.0. The lowest BCUT2D eigenvalue weighted by Crippen LogP contribution is -2.40. The molecule has 0 atom stereocenters. The largest absolute Gasteiger partial charge is 0.462 e. The molecule has 1 aliphatic heterocycles. The zero-order valence-electron chi connectivity index (χ0n) is 10.1. The Balaban J connectivity index is 2.17. The van der Waals surface area contributed by atoms with Crippen LogP contribution in [0.25, 0.3) is 0 Å². The minimum absolute atomic E-state index is 0.383. The average molecular weight is 227 g/mol. The van der Waals surface area contributed by atoms with E-state index in [4.69, 9.17) is 4.74 Å². The molecule has 1 heterocycles. The van der Waals surface area contributed by atoms with Crippen molar-refractivity contribution in [1.29, 1.82) is 0 Å².